The first-order valence-electron chi connectivity index (χ1n) is 4.55. The summed E-state index contributed by atoms with van der Waals surface area (Å²) in [5, 5.41) is 4.11. The Morgan fingerprint density at radius 3 is 2.88 bits per heavy atom. The normalized spacial score (nSPS) is 10.4. The van der Waals surface area contributed by atoms with Gasteiger partial charge < -0.3 is 5.73 Å². The highest BCUT2D eigenvalue weighted by Crippen LogP contribution is 2.15. The standard InChI is InChI=1S/C10H9IN4O/c1-6-2-3-13-10(8(6)9(12)16)15-5-7(11)4-14-15/h2-5H,1H3,(H2,12,16). The number of nitrogens with two attached hydrogens (primary N) is 1. The zero-order valence-corrected chi connectivity index (χ0v) is 10.7. The van der Waals surface area contributed by atoms with E-state index in [1.165, 1.54) is 0 Å². The van der Waals surface area contributed by atoms with Gasteiger partial charge in [0.25, 0.3) is 5.91 Å². The molecule has 2 rings (SSSR count). The second-order valence-corrected chi connectivity index (χ2v) is 4.54. The van der Waals surface area contributed by atoms with Crippen LogP contribution in [0, 0.1) is 10.5 Å². The number of nitrogens with zero attached hydrogens (tertiary/aromatic N) is 3. The third kappa shape index (κ3) is 1.92. The number of hydrogen-bond donors (Lipinski definition) is 1. The van der Waals surface area contributed by atoms with Gasteiger partial charge >= 0.3 is 0 Å². The minimum atomic E-state index is -0.494. The van der Waals surface area contributed by atoms with Crippen molar-refractivity contribution in [3.63, 3.8) is 0 Å². The number of carbonyl (C=O) groups excluding carboxylic acids is 1. The van der Waals surface area contributed by atoms with Crippen molar-refractivity contribution in [2.45, 2.75) is 6.92 Å². The monoisotopic (exact) mass is 328 g/mol. The van der Waals surface area contributed by atoms with Gasteiger partial charge in [-0.1, -0.05) is 0 Å². The van der Waals surface area contributed by atoms with Gasteiger partial charge in [-0.3, -0.25) is 4.79 Å². The van der Waals surface area contributed by atoms with Crippen LogP contribution in [0.2, 0.25) is 0 Å². The van der Waals surface area contributed by atoms with Gasteiger partial charge in [0, 0.05) is 12.4 Å². The van der Waals surface area contributed by atoms with E-state index >= 15 is 0 Å². The van der Waals surface area contributed by atoms with Crippen molar-refractivity contribution in [1.82, 2.24) is 14.8 Å². The average molecular weight is 328 g/mol. The number of halogens is 1. The van der Waals surface area contributed by atoms with Crippen molar-refractivity contribution in [2.24, 2.45) is 5.73 Å². The zero-order valence-electron chi connectivity index (χ0n) is 8.51. The molecule has 0 bridgehead atoms. The molecule has 0 aromatic carbocycles. The number of hydrogen-bond acceptors (Lipinski definition) is 3. The van der Waals surface area contributed by atoms with Gasteiger partial charge in [-0.05, 0) is 41.1 Å². The van der Waals surface area contributed by atoms with E-state index < -0.39 is 5.91 Å². The molecule has 1 amide bonds. The Morgan fingerprint density at radius 1 is 1.56 bits per heavy atom. The number of primary amides is 1. The van der Waals surface area contributed by atoms with Crippen molar-refractivity contribution in [3.8, 4) is 5.82 Å². The summed E-state index contributed by atoms with van der Waals surface area (Å²) < 4.78 is 2.52. The van der Waals surface area contributed by atoms with Crippen LogP contribution in [0.1, 0.15) is 15.9 Å². The molecule has 0 unspecified atom stereocenters. The summed E-state index contributed by atoms with van der Waals surface area (Å²) in [7, 11) is 0. The van der Waals surface area contributed by atoms with Crippen LogP contribution in [0.3, 0.4) is 0 Å². The summed E-state index contributed by atoms with van der Waals surface area (Å²) in [6.45, 7) is 1.82. The van der Waals surface area contributed by atoms with Crippen molar-refractivity contribution in [1.29, 1.82) is 0 Å². The van der Waals surface area contributed by atoms with Crippen molar-refractivity contribution in [3.05, 3.63) is 39.4 Å². The fourth-order valence-electron chi connectivity index (χ4n) is 1.44. The fourth-order valence-corrected chi connectivity index (χ4v) is 1.83. The summed E-state index contributed by atoms with van der Waals surface area (Å²) in [5.74, 6) is -0.0264. The molecule has 16 heavy (non-hydrogen) atoms. The maximum absolute atomic E-state index is 11.4. The molecule has 0 fully saturated rings. The van der Waals surface area contributed by atoms with E-state index in [1.54, 1.807) is 29.3 Å². The second kappa shape index (κ2) is 4.20. The molecule has 2 heterocycles. The molecule has 0 aliphatic rings. The molecule has 2 aromatic heterocycles. The van der Waals surface area contributed by atoms with E-state index in [2.05, 4.69) is 32.7 Å². The minimum Gasteiger partial charge on any atom is -0.365 e. The van der Waals surface area contributed by atoms with Gasteiger partial charge in [-0.25, -0.2) is 9.67 Å². The van der Waals surface area contributed by atoms with Crippen molar-refractivity contribution in [2.75, 3.05) is 0 Å². The number of pyridine rings is 1. The van der Waals surface area contributed by atoms with E-state index in [-0.39, 0.29) is 0 Å². The Hall–Kier alpha value is -1.44. The fraction of sp³-hybridized carbons (Fsp3) is 0.100. The topological polar surface area (TPSA) is 73.8 Å². The van der Waals surface area contributed by atoms with E-state index in [0.29, 0.717) is 11.4 Å². The summed E-state index contributed by atoms with van der Waals surface area (Å²) in [6.07, 6.45) is 5.11. The Bertz CT molecular complexity index is 550. The molecule has 0 aliphatic heterocycles. The zero-order chi connectivity index (χ0) is 11.7. The quantitative estimate of drug-likeness (QED) is 0.844. The molecule has 82 valence electrons. The third-order valence-corrected chi connectivity index (χ3v) is 2.71. The number of amides is 1. The maximum Gasteiger partial charge on any atom is 0.252 e. The van der Waals surface area contributed by atoms with Crippen LogP contribution in [-0.2, 0) is 0 Å². The van der Waals surface area contributed by atoms with Crippen LogP contribution >= 0.6 is 22.6 Å². The number of carbonyl (C=O) groups is 1. The molecule has 0 radical (unpaired) electrons. The SMILES string of the molecule is Cc1ccnc(-n2cc(I)cn2)c1C(N)=O. The maximum atomic E-state index is 11.4. The van der Waals surface area contributed by atoms with Crippen molar-refractivity contribution < 1.29 is 4.79 Å². The van der Waals surface area contributed by atoms with E-state index in [0.717, 1.165) is 9.13 Å². The van der Waals surface area contributed by atoms with Crippen LogP contribution in [-0.4, -0.2) is 20.7 Å². The van der Waals surface area contributed by atoms with Crippen molar-refractivity contribution >= 4 is 28.5 Å². The van der Waals surface area contributed by atoms with E-state index in [9.17, 15) is 4.79 Å². The van der Waals surface area contributed by atoms with Gasteiger partial charge in [0.1, 0.15) is 0 Å². The molecule has 0 spiro atoms. The smallest absolute Gasteiger partial charge is 0.252 e. The molecule has 0 aliphatic carbocycles. The highest BCUT2D eigenvalue weighted by molar-refractivity contribution is 14.1. The molecule has 2 N–H and O–H groups in total. The third-order valence-electron chi connectivity index (χ3n) is 2.15. The molecule has 0 saturated carbocycles. The Balaban J connectivity index is 2.65. The first kappa shape index (κ1) is 11.1. The summed E-state index contributed by atoms with van der Waals surface area (Å²) >= 11 is 2.14. The van der Waals surface area contributed by atoms with Crippen LogP contribution in [0.5, 0.6) is 0 Å². The van der Waals surface area contributed by atoms with Crippen LogP contribution in [0.15, 0.2) is 24.7 Å². The van der Waals surface area contributed by atoms with Gasteiger partial charge in [0.2, 0.25) is 0 Å². The summed E-state index contributed by atoms with van der Waals surface area (Å²) in [4.78, 5) is 15.5. The van der Waals surface area contributed by atoms with Gasteiger partial charge in [-0.15, -0.1) is 0 Å². The molecule has 6 heteroatoms. The molecule has 2 aromatic rings. The highest BCUT2D eigenvalue weighted by atomic mass is 127. The second-order valence-electron chi connectivity index (χ2n) is 3.29. The summed E-state index contributed by atoms with van der Waals surface area (Å²) in [5.41, 5.74) is 6.54. The Morgan fingerprint density at radius 2 is 2.31 bits per heavy atom. The number of aromatic nitrogens is 3. The lowest BCUT2D eigenvalue weighted by Crippen LogP contribution is -2.17. The highest BCUT2D eigenvalue weighted by Gasteiger charge is 2.14. The average Bonchev–Trinajstić information content (AvgIpc) is 2.63. The van der Waals surface area contributed by atoms with Gasteiger partial charge in [0.15, 0.2) is 5.82 Å². The van der Waals surface area contributed by atoms with E-state index in [1.807, 2.05) is 6.92 Å². The first-order valence-corrected chi connectivity index (χ1v) is 5.63. The Labute approximate surface area is 106 Å². The number of aryl methyl sites for hydroxylation is 1. The molecular formula is C10H9IN4O. The molecular weight excluding hydrogens is 319 g/mol. The van der Waals surface area contributed by atoms with Gasteiger partial charge in [-0.2, -0.15) is 5.10 Å². The molecule has 0 atom stereocenters. The molecule has 0 saturated heterocycles. The van der Waals surface area contributed by atoms with Crippen LogP contribution in [0.4, 0.5) is 0 Å². The lowest BCUT2D eigenvalue weighted by Gasteiger charge is -2.07. The first-order chi connectivity index (χ1) is 7.59. The van der Waals surface area contributed by atoms with Gasteiger partial charge in [0.05, 0.1) is 15.3 Å². The minimum absolute atomic E-state index is 0.405. The number of rotatable bonds is 2. The Kier molecular flexibility index (Phi) is 2.90. The lowest BCUT2D eigenvalue weighted by atomic mass is 10.1. The van der Waals surface area contributed by atoms with Crippen LogP contribution in [0.25, 0.3) is 5.82 Å². The lowest BCUT2D eigenvalue weighted by molar-refractivity contribution is 0.0999. The predicted molar refractivity (Wildman–Crippen MR) is 67.3 cm³/mol. The van der Waals surface area contributed by atoms with E-state index in [4.69, 9.17) is 5.73 Å². The summed E-state index contributed by atoms with van der Waals surface area (Å²) in [6, 6.07) is 1.75. The molecule has 5 nitrogen and oxygen atoms in total. The predicted octanol–water partition coefficient (Wildman–Crippen LogP) is 1.28. The largest absolute Gasteiger partial charge is 0.365 e. The van der Waals surface area contributed by atoms with Crippen LogP contribution < -0.4 is 5.73 Å².